The van der Waals surface area contributed by atoms with Gasteiger partial charge in [-0.1, -0.05) is 6.07 Å². The number of H-pyrrole nitrogens is 1. The van der Waals surface area contributed by atoms with Gasteiger partial charge in [-0.3, -0.25) is 4.79 Å². The number of nitrogens with zero attached hydrogens (tertiary/aromatic N) is 1. The van der Waals surface area contributed by atoms with Crippen LogP contribution in [-0.2, 0) is 13.0 Å². The number of amides is 1. The number of carbonyl (C=O) groups excluding carboxylic acids is 1. The lowest BCUT2D eigenvalue weighted by Gasteiger charge is -2.26. The standard InChI is InChI=1S/C16H13FN2OS/c17-10-3-4-11-12-9-19(16(20)15-2-1-7-21-15)6-5-13(12)18-14(11)8-10/h1-4,7-8,18H,5-6,9H2. The second kappa shape index (κ2) is 4.70. The van der Waals surface area contributed by atoms with Crippen molar-refractivity contribution in [2.24, 2.45) is 0 Å². The minimum atomic E-state index is -0.243. The Bertz CT molecular complexity index is 822. The Morgan fingerprint density at radius 1 is 1.33 bits per heavy atom. The Morgan fingerprint density at radius 3 is 3.05 bits per heavy atom. The Morgan fingerprint density at radius 2 is 2.24 bits per heavy atom. The molecule has 0 saturated carbocycles. The molecule has 0 spiro atoms. The van der Waals surface area contributed by atoms with Crippen LogP contribution in [0.5, 0.6) is 0 Å². The highest BCUT2D eigenvalue weighted by Crippen LogP contribution is 2.29. The molecule has 0 unspecified atom stereocenters. The molecule has 1 aliphatic rings. The zero-order valence-corrected chi connectivity index (χ0v) is 12.0. The van der Waals surface area contributed by atoms with E-state index in [2.05, 4.69) is 4.98 Å². The van der Waals surface area contributed by atoms with E-state index < -0.39 is 0 Å². The largest absolute Gasteiger partial charge is 0.358 e. The van der Waals surface area contributed by atoms with E-state index in [9.17, 15) is 9.18 Å². The lowest BCUT2D eigenvalue weighted by atomic mass is 10.0. The van der Waals surface area contributed by atoms with Gasteiger partial charge in [0.15, 0.2) is 0 Å². The molecule has 2 aromatic heterocycles. The van der Waals surface area contributed by atoms with Gasteiger partial charge >= 0.3 is 0 Å². The van der Waals surface area contributed by atoms with Gasteiger partial charge in [-0.25, -0.2) is 4.39 Å². The molecule has 4 rings (SSSR count). The monoisotopic (exact) mass is 300 g/mol. The fourth-order valence-corrected chi connectivity index (χ4v) is 3.61. The Labute approximate surface area is 125 Å². The molecule has 1 aliphatic heterocycles. The number of aromatic nitrogens is 1. The third-order valence-corrected chi connectivity index (χ3v) is 4.81. The molecule has 0 aliphatic carbocycles. The molecule has 0 atom stereocenters. The molecule has 0 radical (unpaired) electrons. The van der Waals surface area contributed by atoms with Gasteiger partial charge in [-0.2, -0.15) is 0 Å². The quantitative estimate of drug-likeness (QED) is 0.733. The van der Waals surface area contributed by atoms with Crippen LogP contribution in [0, 0.1) is 5.82 Å². The molecular formula is C16H13FN2OS. The smallest absolute Gasteiger partial charge is 0.264 e. The van der Waals surface area contributed by atoms with Crippen LogP contribution in [0.25, 0.3) is 10.9 Å². The molecule has 21 heavy (non-hydrogen) atoms. The molecule has 0 fully saturated rings. The number of hydrogen-bond donors (Lipinski definition) is 1. The van der Waals surface area contributed by atoms with E-state index in [0.29, 0.717) is 13.1 Å². The number of hydrogen-bond acceptors (Lipinski definition) is 2. The van der Waals surface area contributed by atoms with Crippen molar-refractivity contribution in [1.82, 2.24) is 9.88 Å². The maximum atomic E-state index is 13.3. The molecule has 0 saturated heterocycles. The average Bonchev–Trinajstić information content (AvgIpc) is 3.12. The molecule has 1 amide bonds. The summed E-state index contributed by atoms with van der Waals surface area (Å²) in [5, 5.41) is 2.92. The Kier molecular flexibility index (Phi) is 2.82. The number of carbonyl (C=O) groups is 1. The molecule has 106 valence electrons. The molecule has 3 aromatic rings. The van der Waals surface area contributed by atoms with Crippen molar-refractivity contribution in [2.45, 2.75) is 13.0 Å². The van der Waals surface area contributed by atoms with E-state index >= 15 is 0 Å². The summed E-state index contributed by atoms with van der Waals surface area (Å²) in [7, 11) is 0. The zero-order valence-electron chi connectivity index (χ0n) is 11.2. The van der Waals surface area contributed by atoms with E-state index in [1.165, 1.54) is 23.5 Å². The first-order chi connectivity index (χ1) is 10.2. The topological polar surface area (TPSA) is 36.1 Å². The van der Waals surface area contributed by atoms with Crippen LogP contribution >= 0.6 is 11.3 Å². The Balaban J connectivity index is 1.71. The SMILES string of the molecule is O=C(c1cccs1)N1CCc2[nH]c3cc(F)ccc3c2C1. The summed E-state index contributed by atoms with van der Waals surface area (Å²) in [6.07, 6.45) is 0.781. The minimum absolute atomic E-state index is 0.0760. The van der Waals surface area contributed by atoms with Crippen molar-refractivity contribution in [3.8, 4) is 0 Å². The van der Waals surface area contributed by atoms with Gasteiger partial charge < -0.3 is 9.88 Å². The second-order valence-electron chi connectivity index (χ2n) is 5.23. The summed E-state index contributed by atoms with van der Waals surface area (Å²) in [5.41, 5.74) is 3.04. The molecule has 5 heteroatoms. The molecule has 3 nitrogen and oxygen atoms in total. The highest BCUT2D eigenvalue weighted by molar-refractivity contribution is 7.12. The van der Waals surface area contributed by atoms with E-state index in [0.717, 1.165) is 33.5 Å². The summed E-state index contributed by atoms with van der Waals surface area (Å²) >= 11 is 1.47. The van der Waals surface area contributed by atoms with Crippen molar-refractivity contribution in [2.75, 3.05) is 6.54 Å². The number of aromatic amines is 1. The Hall–Kier alpha value is -2.14. The zero-order chi connectivity index (χ0) is 14.4. The van der Waals surface area contributed by atoms with Crippen molar-refractivity contribution in [3.05, 3.63) is 57.7 Å². The van der Waals surface area contributed by atoms with Gasteiger partial charge in [0.25, 0.3) is 5.91 Å². The molecule has 1 aromatic carbocycles. The summed E-state index contributed by atoms with van der Waals surface area (Å²) < 4.78 is 13.3. The third kappa shape index (κ3) is 2.05. The van der Waals surface area contributed by atoms with Crippen molar-refractivity contribution < 1.29 is 9.18 Å². The number of halogens is 1. The predicted molar refractivity (Wildman–Crippen MR) is 81.0 cm³/mol. The van der Waals surface area contributed by atoms with E-state index in [-0.39, 0.29) is 11.7 Å². The number of nitrogens with one attached hydrogen (secondary N) is 1. The average molecular weight is 300 g/mol. The first-order valence-corrected chi connectivity index (χ1v) is 7.72. The van der Waals surface area contributed by atoms with Gasteiger partial charge in [0.05, 0.1) is 4.88 Å². The van der Waals surface area contributed by atoms with Crippen LogP contribution in [0.4, 0.5) is 4.39 Å². The fourth-order valence-electron chi connectivity index (χ4n) is 2.92. The van der Waals surface area contributed by atoms with Crippen LogP contribution in [0.15, 0.2) is 35.7 Å². The van der Waals surface area contributed by atoms with Crippen molar-refractivity contribution >= 4 is 28.1 Å². The number of thiophene rings is 1. The van der Waals surface area contributed by atoms with Gasteiger partial charge in [0.1, 0.15) is 5.82 Å². The fraction of sp³-hybridized carbons (Fsp3) is 0.188. The molecule has 3 heterocycles. The predicted octanol–water partition coefficient (Wildman–Crippen LogP) is 3.57. The normalized spacial score (nSPS) is 14.4. The third-order valence-electron chi connectivity index (χ3n) is 3.96. The number of rotatable bonds is 1. The summed E-state index contributed by atoms with van der Waals surface area (Å²) in [6, 6.07) is 8.52. The molecule has 1 N–H and O–H groups in total. The number of benzene rings is 1. The lowest BCUT2D eigenvalue weighted by molar-refractivity contribution is 0.0740. The van der Waals surface area contributed by atoms with Crippen LogP contribution in [-0.4, -0.2) is 22.3 Å². The lowest BCUT2D eigenvalue weighted by Crippen LogP contribution is -2.35. The van der Waals surface area contributed by atoms with Gasteiger partial charge in [-0.05, 0) is 29.6 Å². The van der Waals surface area contributed by atoms with E-state index in [1.54, 1.807) is 6.07 Å². The molecular weight excluding hydrogens is 287 g/mol. The first kappa shape index (κ1) is 12.6. The minimum Gasteiger partial charge on any atom is -0.358 e. The van der Waals surface area contributed by atoms with Crippen LogP contribution in [0.2, 0.25) is 0 Å². The molecule has 0 bridgehead atoms. The van der Waals surface area contributed by atoms with Crippen LogP contribution in [0.3, 0.4) is 0 Å². The van der Waals surface area contributed by atoms with Crippen molar-refractivity contribution in [3.63, 3.8) is 0 Å². The summed E-state index contributed by atoms with van der Waals surface area (Å²) in [5.74, 6) is -0.167. The van der Waals surface area contributed by atoms with Crippen molar-refractivity contribution in [1.29, 1.82) is 0 Å². The summed E-state index contributed by atoms with van der Waals surface area (Å²) in [6.45, 7) is 1.27. The summed E-state index contributed by atoms with van der Waals surface area (Å²) in [4.78, 5) is 18.4. The maximum Gasteiger partial charge on any atom is 0.264 e. The van der Waals surface area contributed by atoms with Crippen LogP contribution < -0.4 is 0 Å². The van der Waals surface area contributed by atoms with Gasteiger partial charge in [0, 0.05) is 41.7 Å². The highest BCUT2D eigenvalue weighted by Gasteiger charge is 2.25. The van der Waals surface area contributed by atoms with E-state index in [1.807, 2.05) is 22.4 Å². The van der Waals surface area contributed by atoms with Gasteiger partial charge in [-0.15, -0.1) is 11.3 Å². The van der Waals surface area contributed by atoms with Crippen LogP contribution in [0.1, 0.15) is 20.9 Å². The van der Waals surface area contributed by atoms with Gasteiger partial charge in [0.2, 0.25) is 0 Å². The second-order valence-corrected chi connectivity index (χ2v) is 6.17. The first-order valence-electron chi connectivity index (χ1n) is 6.84. The highest BCUT2D eigenvalue weighted by atomic mass is 32.1. The maximum absolute atomic E-state index is 13.3. The number of fused-ring (bicyclic) bond motifs is 3. The van der Waals surface area contributed by atoms with E-state index in [4.69, 9.17) is 0 Å².